The van der Waals surface area contributed by atoms with Crippen LogP contribution in [0.15, 0.2) is 42.9 Å². The maximum Gasteiger partial charge on any atom is 0.327 e. The normalized spacial score (nSPS) is 14.7. The molecule has 24 nitrogen and oxygen atoms in total. The van der Waals surface area contributed by atoms with Gasteiger partial charge in [0.05, 0.1) is 25.9 Å². The number of imidazole rings is 1. The quantitative estimate of drug-likeness (QED) is 0.0357. The van der Waals surface area contributed by atoms with E-state index in [1.54, 1.807) is 44.2 Å². The lowest BCUT2D eigenvalue weighted by Gasteiger charge is -2.29. The van der Waals surface area contributed by atoms with Crippen LogP contribution in [0.2, 0.25) is 0 Å². The zero-order chi connectivity index (χ0) is 47.2. The molecule has 63 heavy (non-hydrogen) atoms. The number of amides is 8. The van der Waals surface area contributed by atoms with E-state index < -0.39 is 140 Å². The van der Waals surface area contributed by atoms with Crippen LogP contribution in [0.5, 0.6) is 0 Å². The van der Waals surface area contributed by atoms with Crippen molar-refractivity contribution in [3.05, 3.63) is 54.1 Å². The molecule has 0 radical (unpaired) electrons. The number of nitrogens with two attached hydrogens (primary N) is 2. The number of aliphatic carboxylic acids is 2. The first-order valence-corrected chi connectivity index (χ1v) is 20.2. The van der Waals surface area contributed by atoms with E-state index >= 15 is 0 Å². The molecule has 0 bridgehead atoms. The van der Waals surface area contributed by atoms with Gasteiger partial charge < -0.3 is 69.0 Å². The van der Waals surface area contributed by atoms with Crippen LogP contribution in [0.25, 0.3) is 0 Å². The largest absolute Gasteiger partial charge is 0.481 e. The first-order valence-electron chi connectivity index (χ1n) is 19.6. The lowest BCUT2D eigenvalue weighted by atomic mass is 9.96. The van der Waals surface area contributed by atoms with Crippen molar-refractivity contribution in [1.82, 2.24) is 47.2 Å². The number of aliphatic hydroxyl groups is 1. The lowest BCUT2D eigenvalue weighted by Crippen LogP contribution is -2.61. The predicted octanol–water partition coefficient (Wildman–Crippen LogP) is -4.66. The summed E-state index contributed by atoms with van der Waals surface area (Å²) in [4.78, 5) is 135. The molecule has 2 rings (SSSR count). The maximum atomic E-state index is 14.2. The van der Waals surface area contributed by atoms with E-state index in [9.17, 15) is 58.2 Å². The first kappa shape index (κ1) is 52.5. The van der Waals surface area contributed by atoms with Gasteiger partial charge in [-0.1, -0.05) is 50.6 Å². The van der Waals surface area contributed by atoms with E-state index in [2.05, 4.69) is 59.8 Å². The second-order valence-electron chi connectivity index (χ2n) is 14.3. The summed E-state index contributed by atoms with van der Waals surface area (Å²) in [6, 6.07) is -2.09. The van der Waals surface area contributed by atoms with Crippen LogP contribution in [-0.4, -0.2) is 146 Å². The Hall–Kier alpha value is -6.60. The molecule has 1 heterocycles. The lowest BCUT2D eigenvalue weighted by molar-refractivity contribution is -0.142. The van der Waals surface area contributed by atoms with Crippen LogP contribution in [0.4, 0.5) is 0 Å². The average molecular weight is 906 g/mol. The van der Waals surface area contributed by atoms with Crippen molar-refractivity contribution in [3.8, 4) is 0 Å². The monoisotopic (exact) mass is 905 g/mol. The van der Waals surface area contributed by atoms with Gasteiger partial charge in [0.1, 0.15) is 42.3 Å². The average Bonchev–Trinajstić information content (AvgIpc) is 3.76. The molecule has 0 saturated carbocycles. The number of aromatic nitrogens is 2. The molecule has 15 N–H and O–H groups in total. The molecule has 0 unspecified atom stereocenters. The highest BCUT2D eigenvalue weighted by Gasteiger charge is 2.35. The Bertz CT molecular complexity index is 1910. The zero-order valence-electron chi connectivity index (χ0n) is 34.5. The number of hydrogen-bond donors (Lipinski definition) is 14. The Balaban J connectivity index is 2.44. The number of nitrogens with one attached hydrogen (secondary N) is 8. The number of carbonyl (C=O) groups is 10. The van der Waals surface area contributed by atoms with E-state index in [4.69, 9.17) is 16.6 Å². The van der Waals surface area contributed by atoms with Gasteiger partial charge in [0.2, 0.25) is 47.3 Å². The molecule has 0 aliphatic rings. The minimum Gasteiger partial charge on any atom is -0.481 e. The highest BCUT2D eigenvalue weighted by atomic mass is 32.1. The number of carboxylic acid groups (broad SMARTS) is 2. The summed E-state index contributed by atoms with van der Waals surface area (Å²) in [6.07, 6.45) is 0.774. The molecular formula is C38H55N11O13S. The topological polar surface area (TPSA) is 396 Å². The van der Waals surface area contributed by atoms with Crippen molar-refractivity contribution in [2.45, 2.75) is 94.7 Å². The van der Waals surface area contributed by atoms with Crippen molar-refractivity contribution < 1.29 is 63.3 Å². The third-order valence-corrected chi connectivity index (χ3v) is 9.78. The number of thiol groups is 1. The van der Waals surface area contributed by atoms with E-state index in [0.717, 1.165) is 0 Å². The van der Waals surface area contributed by atoms with Gasteiger partial charge in [0.25, 0.3) is 0 Å². The fourth-order valence-corrected chi connectivity index (χ4v) is 5.93. The highest BCUT2D eigenvalue weighted by Crippen LogP contribution is 2.12. The van der Waals surface area contributed by atoms with Gasteiger partial charge in [0, 0.05) is 36.9 Å². The van der Waals surface area contributed by atoms with E-state index in [0.29, 0.717) is 17.7 Å². The summed E-state index contributed by atoms with van der Waals surface area (Å²) in [6.45, 7) is 1.91. The summed E-state index contributed by atoms with van der Waals surface area (Å²) in [5, 5.41) is 44.5. The van der Waals surface area contributed by atoms with Gasteiger partial charge in [-0.15, -0.1) is 0 Å². The number of benzene rings is 1. The molecule has 0 saturated heterocycles. The predicted molar refractivity (Wildman–Crippen MR) is 224 cm³/mol. The number of nitrogens with zero attached hydrogens (tertiary/aromatic N) is 1. The Labute approximate surface area is 366 Å². The van der Waals surface area contributed by atoms with Gasteiger partial charge in [-0.05, 0) is 17.9 Å². The number of rotatable bonds is 28. The van der Waals surface area contributed by atoms with E-state index in [1.165, 1.54) is 12.5 Å². The molecule has 1 aromatic heterocycles. The second kappa shape index (κ2) is 26.7. The van der Waals surface area contributed by atoms with Crippen LogP contribution in [-0.2, 0) is 60.8 Å². The number of primary amides is 1. The van der Waals surface area contributed by atoms with Crippen molar-refractivity contribution in [3.63, 3.8) is 0 Å². The van der Waals surface area contributed by atoms with Crippen LogP contribution in [0.3, 0.4) is 0 Å². The van der Waals surface area contributed by atoms with Crippen LogP contribution < -0.4 is 48.7 Å². The molecule has 346 valence electrons. The standard InChI is InChI=1S/C38H55N11O13S/c1-3-19(2)31(49-33(56)23(9-10-30(53)54)44-29(52)15-42-32(55)22(39)16-50)37(60)47-25(12-21-14-41-18-43-21)35(58)45-24(11-20-7-5-4-6-8-20)34(57)46-26(13-28(40)51)36(59)48-27(17-63)38(61)62/h4-8,14,18-19,22-27,31,50,63H,3,9-13,15-17,39H2,1-2H3,(H2,40,51)(H,41,43)(H,42,55)(H,44,52)(H,45,58)(H,46,57)(H,47,60)(H,48,59)(H,49,56)(H,53,54)(H,61,62)/t19-,22-,23-,24-,25-,26-,27-,31-/m0/s1. The summed E-state index contributed by atoms with van der Waals surface area (Å²) < 4.78 is 0. The summed E-state index contributed by atoms with van der Waals surface area (Å²) in [5.41, 5.74) is 11.6. The summed E-state index contributed by atoms with van der Waals surface area (Å²) >= 11 is 3.90. The molecule has 1 aromatic carbocycles. The summed E-state index contributed by atoms with van der Waals surface area (Å²) in [7, 11) is 0. The van der Waals surface area contributed by atoms with E-state index in [-0.39, 0.29) is 18.6 Å². The maximum absolute atomic E-state index is 14.2. The smallest absolute Gasteiger partial charge is 0.327 e. The Kier molecular flexibility index (Phi) is 22.2. The number of H-pyrrole nitrogens is 1. The zero-order valence-corrected chi connectivity index (χ0v) is 35.4. The third kappa shape index (κ3) is 18.5. The number of hydrogen-bond acceptors (Lipinski definition) is 14. The van der Waals surface area contributed by atoms with Crippen LogP contribution >= 0.6 is 12.6 Å². The van der Waals surface area contributed by atoms with Crippen molar-refractivity contribution in [2.24, 2.45) is 17.4 Å². The number of carboxylic acids is 2. The SMILES string of the molecule is CC[C@H](C)[C@H](NC(=O)[C@H](CCC(=O)O)NC(=O)CNC(=O)[C@@H](N)CO)C(=O)N[C@@H](Cc1cnc[nH]1)C(=O)N[C@@H](Cc1ccccc1)C(=O)N[C@@H](CC(N)=O)C(=O)N[C@@H](CS)C(=O)O. The minimum atomic E-state index is -1.68. The third-order valence-electron chi connectivity index (χ3n) is 9.41. The number of carbonyl (C=O) groups excluding carboxylic acids is 8. The van der Waals surface area contributed by atoms with Crippen molar-refractivity contribution in [1.29, 1.82) is 0 Å². The van der Waals surface area contributed by atoms with Gasteiger partial charge in [-0.2, -0.15) is 12.6 Å². The van der Waals surface area contributed by atoms with Crippen molar-refractivity contribution >= 4 is 71.8 Å². The van der Waals surface area contributed by atoms with E-state index in [1.807, 2.05) is 0 Å². The van der Waals surface area contributed by atoms with Crippen molar-refractivity contribution in [2.75, 3.05) is 18.9 Å². The molecule has 25 heteroatoms. The number of aromatic amines is 1. The highest BCUT2D eigenvalue weighted by molar-refractivity contribution is 7.80. The molecular weight excluding hydrogens is 851 g/mol. The Morgan fingerprint density at radius 3 is 1.87 bits per heavy atom. The fraction of sp³-hybridized carbons (Fsp3) is 0.500. The Morgan fingerprint density at radius 1 is 0.762 bits per heavy atom. The fourth-order valence-electron chi connectivity index (χ4n) is 5.68. The molecule has 2 aromatic rings. The molecule has 8 atom stereocenters. The summed E-state index contributed by atoms with van der Waals surface area (Å²) in [5.74, 6) is -11.4. The number of aliphatic hydroxyl groups excluding tert-OH is 1. The van der Waals surface area contributed by atoms with Gasteiger partial charge >= 0.3 is 11.9 Å². The molecule has 0 aliphatic carbocycles. The molecule has 8 amide bonds. The van der Waals surface area contributed by atoms with Crippen LogP contribution in [0.1, 0.15) is 50.8 Å². The van der Waals surface area contributed by atoms with Crippen LogP contribution in [0, 0.1) is 5.92 Å². The first-order chi connectivity index (χ1) is 29.8. The van der Waals surface area contributed by atoms with Gasteiger partial charge in [-0.3, -0.25) is 43.2 Å². The van der Waals surface area contributed by atoms with Gasteiger partial charge in [-0.25, -0.2) is 9.78 Å². The molecule has 0 fully saturated rings. The Morgan fingerprint density at radius 2 is 1.33 bits per heavy atom. The minimum absolute atomic E-state index is 0.185. The second-order valence-corrected chi connectivity index (χ2v) is 14.7. The van der Waals surface area contributed by atoms with Gasteiger partial charge in [0.15, 0.2) is 0 Å². The molecule has 0 spiro atoms. The molecule has 0 aliphatic heterocycles.